The number of aryl methyl sites for hydroxylation is 1. The number of nitrogens with one attached hydrogen (secondary N) is 1. The Morgan fingerprint density at radius 3 is 2.42 bits per heavy atom. The van der Waals surface area contributed by atoms with Gasteiger partial charge in [0.1, 0.15) is 0 Å². The zero-order valence-corrected chi connectivity index (χ0v) is 15.4. The second-order valence-electron chi connectivity index (χ2n) is 6.90. The van der Waals surface area contributed by atoms with Gasteiger partial charge < -0.3 is 19.9 Å². The van der Waals surface area contributed by atoms with Crippen LogP contribution in [0.1, 0.15) is 11.1 Å². The molecule has 0 spiro atoms. The Balaban J connectivity index is 1.39. The smallest absolute Gasteiger partial charge is 0.317 e. The molecule has 1 aromatic carbocycles. The van der Waals surface area contributed by atoms with Crippen molar-refractivity contribution in [2.45, 2.75) is 13.5 Å². The van der Waals surface area contributed by atoms with Gasteiger partial charge in [-0.15, -0.1) is 0 Å². The van der Waals surface area contributed by atoms with E-state index in [1.54, 1.807) is 4.90 Å². The van der Waals surface area contributed by atoms with E-state index < -0.39 is 0 Å². The summed E-state index contributed by atoms with van der Waals surface area (Å²) < 4.78 is 5.31. The first-order valence-corrected chi connectivity index (χ1v) is 9.28. The van der Waals surface area contributed by atoms with Crippen molar-refractivity contribution in [1.29, 1.82) is 0 Å². The number of benzene rings is 1. The second-order valence-corrected chi connectivity index (χ2v) is 6.90. The fraction of sp³-hybridized carbons (Fsp3) is 0.579. The average Bonchev–Trinajstić information content (AvgIpc) is 2.67. The van der Waals surface area contributed by atoms with Crippen LogP contribution < -0.4 is 5.32 Å². The monoisotopic (exact) mass is 360 g/mol. The van der Waals surface area contributed by atoms with Gasteiger partial charge in [0, 0.05) is 45.8 Å². The Morgan fingerprint density at radius 1 is 1.04 bits per heavy atom. The lowest BCUT2D eigenvalue weighted by Crippen LogP contribution is -2.55. The standard InChI is InChI=1S/C19H28N4O3/c1-16-3-2-4-17(13-16)14-20-19(25)23-7-5-22(6-8-23)18(24)15-21-9-11-26-12-10-21/h2-4,13H,5-12,14-15H2,1H3,(H,20,25). The summed E-state index contributed by atoms with van der Waals surface area (Å²) in [6.07, 6.45) is 0. The van der Waals surface area contributed by atoms with Crippen LogP contribution in [0, 0.1) is 6.92 Å². The molecule has 0 bridgehead atoms. The van der Waals surface area contributed by atoms with Crippen molar-refractivity contribution in [3.8, 4) is 0 Å². The Labute approximate surface area is 154 Å². The Kier molecular flexibility index (Phi) is 6.46. The number of hydrogen-bond donors (Lipinski definition) is 1. The van der Waals surface area contributed by atoms with Crippen LogP contribution in [0.3, 0.4) is 0 Å². The third-order valence-corrected chi connectivity index (χ3v) is 4.91. The Hall–Kier alpha value is -2.12. The number of hydrogen-bond acceptors (Lipinski definition) is 4. The molecule has 2 aliphatic heterocycles. The second kappa shape index (κ2) is 9.00. The third kappa shape index (κ3) is 5.19. The summed E-state index contributed by atoms with van der Waals surface area (Å²) in [5.74, 6) is 0.145. The highest BCUT2D eigenvalue weighted by molar-refractivity contribution is 5.79. The largest absolute Gasteiger partial charge is 0.379 e. The lowest BCUT2D eigenvalue weighted by Gasteiger charge is -2.36. The molecule has 26 heavy (non-hydrogen) atoms. The van der Waals surface area contributed by atoms with Gasteiger partial charge in [0.05, 0.1) is 19.8 Å². The van der Waals surface area contributed by atoms with Crippen LogP contribution in [0.15, 0.2) is 24.3 Å². The van der Waals surface area contributed by atoms with Gasteiger partial charge in [0.15, 0.2) is 0 Å². The van der Waals surface area contributed by atoms with E-state index in [2.05, 4.69) is 16.3 Å². The lowest BCUT2D eigenvalue weighted by molar-refractivity contribution is -0.134. The molecule has 2 fully saturated rings. The SMILES string of the molecule is Cc1cccc(CNC(=O)N2CCN(C(=O)CN3CCOCC3)CC2)c1. The number of morpholine rings is 1. The minimum absolute atomic E-state index is 0.0632. The topological polar surface area (TPSA) is 65.1 Å². The molecule has 0 atom stereocenters. The number of amides is 3. The van der Waals surface area contributed by atoms with Crippen LogP contribution in [-0.4, -0.2) is 85.7 Å². The molecule has 1 N–H and O–H groups in total. The van der Waals surface area contributed by atoms with Crippen LogP contribution in [0.4, 0.5) is 4.79 Å². The molecule has 3 amide bonds. The van der Waals surface area contributed by atoms with Crippen LogP contribution in [-0.2, 0) is 16.1 Å². The van der Waals surface area contributed by atoms with E-state index in [0.717, 1.165) is 18.7 Å². The van der Waals surface area contributed by atoms with Crippen molar-refractivity contribution in [1.82, 2.24) is 20.0 Å². The van der Waals surface area contributed by atoms with Gasteiger partial charge in [0.2, 0.25) is 5.91 Å². The molecule has 0 unspecified atom stereocenters. The normalized spacial score (nSPS) is 18.7. The highest BCUT2D eigenvalue weighted by Gasteiger charge is 2.25. The lowest BCUT2D eigenvalue weighted by atomic mass is 10.1. The molecule has 0 saturated carbocycles. The number of piperazine rings is 1. The first kappa shape index (κ1) is 18.7. The molecule has 1 aromatic rings. The van der Waals surface area contributed by atoms with Crippen molar-refractivity contribution in [3.63, 3.8) is 0 Å². The Bertz CT molecular complexity index is 623. The molecule has 7 heteroatoms. The molecular weight excluding hydrogens is 332 g/mol. The van der Waals surface area contributed by atoms with Gasteiger partial charge in [-0.05, 0) is 12.5 Å². The van der Waals surface area contributed by atoms with Crippen molar-refractivity contribution >= 4 is 11.9 Å². The summed E-state index contributed by atoms with van der Waals surface area (Å²) in [5.41, 5.74) is 2.28. The summed E-state index contributed by atoms with van der Waals surface area (Å²) in [7, 11) is 0. The third-order valence-electron chi connectivity index (χ3n) is 4.91. The van der Waals surface area contributed by atoms with Gasteiger partial charge in [-0.2, -0.15) is 0 Å². The fourth-order valence-corrected chi connectivity index (χ4v) is 3.32. The number of carbonyl (C=O) groups excluding carboxylic acids is 2. The maximum absolute atomic E-state index is 12.4. The van der Waals surface area contributed by atoms with Crippen molar-refractivity contribution < 1.29 is 14.3 Å². The Morgan fingerprint density at radius 2 is 1.73 bits per heavy atom. The summed E-state index contributed by atoms with van der Waals surface area (Å²) >= 11 is 0. The van der Waals surface area contributed by atoms with Gasteiger partial charge >= 0.3 is 6.03 Å². The summed E-state index contributed by atoms with van der Waals surface area (Å²) in [4.78, 5) is 30.5. The minimum atomic E-state index is -0.0632. The fourth-order valence-electron chi connectivity index (χ4n) is 3.32. The van der Waals surface area contributed by atoms with E-state index in [-0.39, 0.29) is 11.9 Å². The molecule has 2 saturated heterocycles. The van der Waals surface area contributed by atoms with Crippen LogP contribution in [0.2, 0.25) is 0 Å². The van der Waals surface area contributed by atoms with E-state index >= 15 is 0 Å². The summed E-state index contributed by atoms with van der Waals surface area (Å²) in [5, 5.41) is 2.97. The van der Waals surface area contributed by atoms with Gasteiger partial charge in [0.25, 0.3) is 0 Å². The number of ether oxygens (including phenoxy) is 1. The zero-order valence-electron chi connectivity index (χ0n) is 15.4. The van der Waals surface area contributed by atoms with Gasteiger partial charge in [-0.25, -0.2) is 4.79 Å². The van der Waals surface area contributed by atoms with E-state index in [9.17, 15) is 9.59 Å². The van der Waals surface area contributed by atoms with Crippen molar-refractivity contribution in [3.05, 3.63) is 35.4 Å². The maximum atomic E-state index is 12.4. The first-order valence-electron chi connectivity index (χ1n) is 9.28. The quantitative estimate of drug-likeness (QED) is 0.858. The highest BCUT2D eigenvalue weighted by atomic mass is 16.5. The van der Waals surface area contributed by atoms with E-state index in [4.69, 9.17) is 4.74 Å². The molecule has 0 aliphatic carbocycles. The van der Waals surface area contributed by atoms with Crippen LogP contribution in [0.25, 0.3) is 0 Å². The first-order chi connectivity index (χ1) is 12.6. The molecule has 142 valence electrons. The van der Waals surface area contributed by atoms with Crippen molar-refractivity contribution in [2.24, 2.45) is 0 Å². The van der Waals surface area contributed by atoms with Gasteiger partial charge in [-0.3, -0.25) is 9.69 Å². The predicted molar refractivity (Wildman–Crippen MR) is 98.8 cm³/mol. The molecule has 3 rings (SSSR count). The van der Waals surface area contributed by atoms with E-state index in [1.165, 1.54) is 5.56 Å². The maximum Gasteiger partial charge on any atom is 0.317 e. The van der Waals surface area contributed by atoms with Crippen molar-refractivity contribution in [2.75, 3.05) is 59.0 Å². The molecule has 0 aromatic heterocycles. The average molecular weight is 360 g/mol. The zero-order chi connectivity index (χ0) is 18.4. The summed E-state index contributed by atoms with van der Waals surface area (Å²) in [6.45, 7) is 8.38. The minimum Gasteiger partial charge on any atom is -0.379 e. The highest BCUT2D eigenvalue weighted by Crippen LogP contribution is 2.07. The number of nitrogens with zero attached hydrogens (tertiary/aromatic N) is 3. The van der Waals surface area contributed by atoms with E-state index in [1.807, 2.05) is 30.0 Å². The molecule has 2 aliphatic rings. The molecule has 2 heterocycles. The molecule has 7 nitrogen and oxygen atoms in total. The number of urea groups is 1. The van der Waals surface area contributed by atoms with E-state index in [0.29, 0.717) is 52.5 Å². The van der Waals surface area contributed by atoms with Gasteiger partial charge in [-0.1, -0.05) is 29.8 Å². The predicted octanol–water partition coefficient (Wildman–Crippen LogP) is 0.681. The number of carbonyl (C=O) groups is 2. The molecular formula is C19H28N4O3. The van der Waals surface area contributed by atoms with Crippen LogP contribution in [0.5, 0.6) is 0 Å². The van der Waals surface area contributed by atoms with Crippen LogP contribution >= 0.6 is 0 Å². The molecule has 0 radical (unpaired) electrons. The summed E-state index contributed by atoms with van der Waals surface area (Å²) in [6, 6.07) is 8.05. The number of rotatable bonds is 4.